The summed E-state index contributed by atoms with van der Waals surface area (Å²) in [5.74, 6) is -0.159. The van der Waals surface area contributed by atoms with Crippen LogP contribution in [-0.4, -0.2) is 40.0 Å². The van der Waals surface area contributed by atoms with Crippen LogP contribution in [0.3, 0.4) is 0 Å². The summed E-state index contributed by atoms with van der Waals surface area (Å²) in [5.41, 5.74) is 0.543. The van der Waals surface area contributed by atoms with Crippen molar-refractivity contribution in [3.63, 3.8) is 0 Å². The molecular formula is C18H22N2O5. The second kappa shape index (κ2) is 7.83. The van der Waals surface area contributed by atoms with Gasteiger partial charge in [-0.25, -0.2) is 9.78 Å². The van der Waals surface area contributed by atoms with E-state index in [9.17, 15) is 9.59 Å². The lowest BCUT2D eigenvalue weighted by molar-refractivity contribution is 0.0694. The number of aryl methyl sites for hydroxylation is 1. The van der Waals surface area contributed by atoms with Gasteiger partial charge in [-0.05, 0) is 32.4 Å². The largest absolute Gasteiger partial charge is 0.478 e. The van der Waals surface area contributed by atoms with E-state index >= 15 is 0 Å². The molecule has 2 heterocycles. The minimum absolute atomic E-state index is 0.0103. The van der Waals surface area contributed by atoms with Gasteiger partial charge in [-0.1, -0.05) is 6.92 Å². The molecule has 2 rings (SSSR count). The van der Waals surface area contributed by atoms with Gasteiger partial charge in [0.2, 0.25) is 5.88 Å². The molecule has 2 aromatic heterocycles. The average molecular weight is 346 g/mol. The van der Waals surface area contributed by atoms with E-state index in [4.69, 9.17) is 14.3 Å². The number of carbonyl (C=O) groups is 2. The first-order valence-corrected chi connectivity index (χ1v) is 8.02. The molecule has 7 nitrogen and oxygen atoms in total. The number of amides is 1. The highest BCUT2D eigenvalue weighted by molar-refractivity contribution is 5.94. The fourth-order valence-corrected chi connectivity index (χ4v) is 2.26. The number of furan rings is 1. The normalized spacial score (nSPS) is 11.8. The van der Waals surface area contributed by atoms with Gasteiger partial charge in [0, 0.05) is 24.9 Å². The van der Waals surface area contributed by atoms with Gasteiger partial charge in [0.15, 0.2) is 0 Å². The van der Waals surface area contributed by atoms with Gasteiger partial charge in [-0.2, -0.15) is 0 Å². The van der Waals surface area contributed by atoms with Crippen molar-refractivity contribution in [3.8, 4) is 5.88 Å². The molecule has 0 aliphatic heterocycles. The summed E-state index contributed by atoms with van der Waals surface area (Å²) in [6, 6.07) is 4.64. The van der Waals surface area contributed by atoms with Gasteiger partial charge >= 0.3 is 5.97 Å². The van der Waals surface area contributed by atoms with Crippen LogP contribution < -0.4 is 4.74 Å². The first-order valence-electron chi connectivity index (χ1n) is 8.02. The summed E-state index contributed by atoms with van der Waals surface area (Å²) < 4.78 is 11.0. The molecule has 7 heteroatoms. The Labute approximate surface area is 146 Å². The standard InChI is InChI=1S/C18H22N2O5/c1-5-11(2)24-16-8-13(6-7-19-16)17(21)20(4)10-14-9-15(18(22)23)12(3)25-14/h6-9,11H,5,10H2,1-4H3,(H,22,23). The van der Waals surface area contributed by atoms with Crippen molar-refractivity contribution >= 4 is 11.9 Å². The summed E-state index contributed by atoms with van der Waals surface area (Å²) in [7, 11) is 1.62. The Balaban J connectivity index is 2.10. The fourth-order valence-electron chi connectivity index (χ4n) is 2.26. The zero-order valence-electron chi connectivity index (χ0n) is 14.8. The molecule has 1 atom stereocenters. The number of hydrogen-bond donors (Lipinski definition) is 1. The van der Waals surface area contributed by atoms with E-state index in [0.29, 0.717) is 23.0 Å². The van der Waals surface area contributed by atoms with Crippen molar-refractivity contribution in [2.45, 2.75) is 39.8 Å². The highest BCUT2D eigenvalue weighted by atomic mass is 16.5. The molecular weight excluding hydrogens is 324 g/mol. The first kappa shape index (κ1) is 18.5. The smallest absolute Gasteiger partial charge is 0.339 e. The van der Waals surface area contributed by atoms with E-state index < -0.39 is 5.97 Å². The van der Waals surface area contributed by atoms with Crippen LogP contribution in [0.25, 0.3) is 0 Å². The number of carbonyl (C=O) groups excluding carboxylic acids is 1. The van der Waals surface area contributed by atoms with Gasteiger partial charge in [-0.3, -0.25) is 4.79 Å². The third-order valence-corrected chi connectivity index (χ3v) is 3.82. The van der Waals surface area contributed by atoms with Crippen molar-refractivity contribution in [3.05, 3.63) is 47.0 Å². The van der Waals surface area contributed by atoms with Crippen molar-refractivity contribution in [2.24, 2.45) is 0 Å². The van der Waals surface area contributed by atoms with Crippen molar-refractivity contribution < 1.29 is 23.8 Å². The van der Waals surface area contributed by atoms with Crippen LogP contribution in [0.1, 0.15) is 52.5 Å². The van der Waals surface area contributed by atoms with E-state index in [0.717, 1.165) is 6.42 Å². The number of rotatable bonds is 7. The highest BCUT2D eigenvalue weighted by Crippen LogP contribution is 2.18. The summed E-state index contributed by atoms with van der Waals surface area (Å²) in [5, 5.41) is 9.06. The van der Waals surface area contributed by atoms with Crippen molar-refractivity contribution in [1.82, 2.24) is 9.88 Å². The number of aromatic nitrogens is 1. The van der Waals surface area contributed by atoms with Gasteiger partial charge in [0.25, 0.3) is 5.91 Å². The monoisotopic (exact) mass is 346 g/mol. The molecule has 0 fully saturated rings. The Hall–Kier alpha value is -2.83. The van der Waals surface area contributed by atoms with Crippen LogP contribution in [0.15, 0.2) is 28.8 Å². The van der Waals surface area contributed by atoms with E-state index in [1.807, 2.05) is 13.8 Å². The number of hydrogen-bond acceptors (Lipinski definition) is 5. The molecule has 0 saturated carbocycles. The van der Waals surface area contributed by atoms with E-state index in [2.05, 4.69) is 4.98 Å². The van der Waals surface area contributed by atoms with E-state index in [-0.39, 0.29) is 24.1 Å². The first-order chi connectivity index (χ1) is 11.8. The molecule has 0 bridgehead atoms. The minimum atomic E-state index is -1.05. The summed E-state index contributed by atoms with van der Waals surface area (Å²) in [4.78, 5) is 29.2. The van der Waals surface area contributed by atoms with Crippen LogP contribution in [0.5, 0.6) is 5.88 Å². The molecule has 0 aliphatic carbocycles. The number of nitrogens with zero attached hydrogens (tertiary/aromatic N) is 2. The fraction of sp³-hybridized carbons (Fsp3) is 0.389. The predicted molar refractivity (Wildman–Crippen MR) is 90.8 cm³/mol. The molecule has 25 heavy (non-hydrogen) atoms. The van der Waals surface area contributed by atoms with Gasteiger partial charge < -0.3 is 19.2 Å². The highest BCUT2D eigenvalue weighted by Gasteiger charge is 2.18. The molecule has 0 aromatic carbocycles. The maximum absolute atomic E-state index is 12.6. The molecule has 1 unspecified atom stereocenters. The van der Waals surface area contributed by atoms with E-state index in [1.165, 1.54) is 17.2 Å². The number of aromatic carboxylic acids is 1. The Morgan fingerprint density at radius 1 is 1.40 bits per heavy atom. The summed E-state index contributed by atoms with van der Waals surface area (Å²) >= 11 is 0. The molecule has 0 aliphatic rings. The molecule has 1 N–H and O–H groups in total. The lowest BCUT2D eigenvalue weighted by Crippen LogP contribution is -2.26. The molecule has 134 valence electrons. The lowest BCUT2D eigenvalue weighted by Gasteiger charge is -2.17. The maximum Gasteiger partial charge on any atom is 0.339 e. The third-order valence-electron chi connectivity index (χ3n) is 3.82. The lowest BCUT2D eigenvalue weighted by atomic mass is 10.2. The molecule has 0 saturated heterocycles. The van der Waals surface area contributed by atoms with Crippen molar-refractivity contribution in [1.29, 1.82) is 0 Å². The molecule has 1 amide bonds. The SMILES string of the molecule is CCC(C)Oc1cc(C(=O)N(C)Cc2cc(C(=O)O)c(C)o2)ccn1. The van der Waals surface area contributed by atoms with Crippen molar-refractivity contribution in [2.75, 3.05) is 7.05 Å². The maximum atomic E-state index is 12.6. The average Bonchev–Trinajstić information content (AvgIpc) is 2.94. The van der Waals surface area contributed by atoms with Crippen LogP contribution in [0.2, 0.25) is 0 Å². The predicted octanol–water partition coefficient (Wildman–Crippen LogP) is 3.13. The molecule has 2 aromatic rings. The van der Waals surface area contributed by atoms with Gasteiger partial charge in [0.1, 0.15) is 17.1 Å². The Kier molecular flexibility index (Phi) is 5.80. The Morgan fingerprint density at radius 2 is 2.12 bits per heavy atom. The van der Waals surface area contributed by atoms with E-state index in [1.54, 1.807) is 26.1 Å². The number of pyridine rings is 1. The molecule has 0 spiro atoms. The summed E-state index contributed by atoms with van der Waals surface area (Å²) in [6.07, 6.45) is 2.37. The van der Waals surface area contributed by atoms with Gasteiger partial charge in [0.05, 0.1) is 12.6 Å². The quantitative estimate of drug-likeness (QED) is 0.828. The number of carboxylic acids is 1. The third kappa shape index (κ3) is 4.59. The number of carboxylic acid groups (broad SMARTS) is 1. The zero-order chi connectivity index (χ0) is 18.6. The second-order valence-electron chi connectivity index (χ2n) is 5.87. The summed E-state index contributed by atoms with van der Waals surface area (Å²) in [6.45, 7) is 5.68. The zero-order valence-corrected chi connectivity index (χ0v) is 14.8. The Bertz CT molecular complexity index is 769. The second-order valence-corrected chi connectivity index (χ2v) is 5.87. The van der Waals surface area contributed by atoms with Crippen LogP contribution >= 0.6 is 0 Å². The number of ether oxygens (including phenoxy) is 1. The van der Waals surface area contributed by atoms with Gasteiger partial charge in [-0.15, -0.1) is 0 Å². The van der Waals surface area contributed by atoms with Crippen LogP contribution in [0, 0.1) is 6.92 Å². The Morgan fingerprint density at radius 3 is 2.72 bits per heavy atom. The topological polar surface area (TPSA) is 92.9 Å². The minimum Gasteiger partial charge on any atom is -0.478 e. The van der Waals surface area contributed by atoms with Crippen LogP contribution in [-0.2, 0) is 6.54 Å². The van der Waals surface area contributed by atoms with Crippen LogP contribution in [0.4, 0.5) is 0 Å². The molecule has 0 radical (unpaired) electrons.